The van der Waals surface area contributed by atoms with E-state index in [4.69, 9.17) is 10.2 Å². The minimum Gasteiger partial charge on any atom is -0.413 e. The van der Waals surface area contributed by atoms with Crippen LogP contribution < -0.4 is 16.4 Å². The van der Waals surface area contributed by atoms with Crippen molar-refractivity contribution in [2.45, 2.75) is 19.0 Å². The molecule has 6 heteroatoms. The van der Waals surface area contributed by atoms with Crippen LogP contribution in [0.5, 0.6) is 0 Å². The molecule has 1 atom stereocenters. The fourth-order valence-electron chi connectivity index (χ4n) is 1.30. The van der Waals surface area contributed by atoms with Crippen LogP contribution in [0.2, 0.25) is 12.6 Å². The van der Waals surface area contributed by atoms with Gasteiger partial charge in [-0.05, 0) is 25.6 Å². The molecule has 96 valence electrons. The number of nitrogens with two attached hydrogens (primary N) is 1. The van der Waals surface area contributed by atoms with E-state index in [1.807, 2.05) is 6.55 Å². The van der Waals surface area contributed by atoms with Gasteiger partial charge in [0, 0.05) is 33.3 Å². The molecule has 0 radical (unpaired) electrons. The van der Waals surface area contributed by atoms with Gasteiger partial charge in [0.2, 0.25) is 0 Å². The van der Waals surface area contributed by atoms with Crippen molar-refractivity contribution in [2.24, 2.45) is 5.73 Å². The van der Waals surface area contributed by atoms with Crippen molar-refractivity contribution in [1.82, 2.24) is 10.6 Å². The van der Waals surface area contributed by atoms with Crippen molar-refractivity contribution >= 4 is 14.2 Å². The van der Waals surface area contributed by atoms with Crippen LogP contribution in [0.15, 0.2) is 0 Å². The predicted molar refractivity (Wildman–Crippen MR) is 69.6 cm³/mol. The Bertz CT molecular complexity index is 183. The maximum atomic E-state index is 10.8. The Labute approximate surface area is 99.2 Å². The highest BCUT2D eigenvalue weighted by atomic mass is 28.4. The quantitative estimate of drug-likeness (QED) is 0.261. The average molecular weight is 247 g/mol. The average Bonchev–Trinajstić information content (AvgIpc) is 2.32. The maximum absolute atomic E-state index is 10.8. The molecule has 0 aromatic heterocycles. The fraction of sp³-hybridized carbons (Fsp3) is 0.900. The highest BCUT2D eigenvalue weighted by Crippen LogP contribution is 2.09. The smallest absolute Gasteiger partial charge is 0.256 e. The fourth-order valence-corrected chi connectivity index (χ4v) is 2.60. The Morgan fingerprint density at radius 1 is 1.25 bits per heavy atom. The molecule has 0 amide bonds. The Morgan fingerprint density at radius 2 is 1.88 bits per heavy atom. The lowest BCUT2D eigenvalue weighted by Crippen LogP contribution is -2.37. The number of rotatable bonds is 11. The largest absolute Gasteiger partial charge is 0.413 e. The van der Waals surface area contributed by atoms with Crippen LogP contribution >= 0.6 is 0 Å². The second-order valence-electron chi connectivity index (χ2n) is 4.03. The molecule has 0 aliphatic heterocycles. The van der Waals surface area contributed by atoms with E-state index < -0.39 is 8.32 Å². The van der Waals surface area contributed by atoms with Crippen LogP contribution in [0, 0.1) is 0 Å². The summed E-state index contributed by atoms with van der Waals surface area (Å²) in [5, 5.41) is 6.52. The summed E-state index contributed by atoms with van der Waals surface area (Å²) < 4.78 is 5.26. The molecule has 16 heavy (non-hydrogen) atoms. The van der Waals surface area contributed by atoms with E-state index in [1.165, 1.54) is 0 Å². The van der Waals surface area contributed by atoms with Gasteiger partial charge in [-0.15, -0.1) is 0 Å². The van der Waals surface area contributed by atoms with E-state index in [-0.39, 0.29) is 0 Å². The molecule has 0 saturated carbocycles. The lowest BCUT2D eigenvalue weighted by atomic mass is 10.4. The van der Waals surface area contributed by atoms with Gasteiger partial charge in [-0.3, -0.25) is 0 Å². The highest BCUT2D eigenvalue weighted by Gasteiger charge is 2.26. The molecular weight excluding hydrogens is 222 g/mol. The first-order valence-corrected chi connectivity index (χ1v) is 8.51. The minimum atomic E-state index is -2.03. The standard InChI is InChI=1S/C10H25N3O2Si/c1-15-16(2,10-14)9-3-5-12-7-8-13-6-4-11/h10,12-13H,3-9,11H2,1-2H3. The monoisotopic (exact) mass is 247 g/mol. The van der Waals surface area contributed by atoms with Crippen molar-refractivity contribution in [1.29, 1.82) is 0 Å². The predicted octanol–water partition coefficient (Wildman–Crippen LogP) is -0.492. The van der Waals surface area contributed by atoms with Crippen LogP contribution in [-0.2, 0) is 9.22 Å². The van der Waals surface area contributed by atoms with Crippen LogP contribution in [-0.4, -0.2) is 54.1 Å². The van der Waals surface area contributed by atoms with Crippen molar-refractivity contribution in [2.75, 3.05) is 39.8 Å². The number of carbonyl (C=O) groups is 1. The van der Waals surface area contributed by atoms with E-state index in [0.717, 1.165) is 44.6 Å². The molecule has 0 heterocycles. The summed E-state index contributed by atoms with van der Waals surface area (Å²) in [6.07, 6.45) is 0.992. The zero-order valence-electron chi connectivity index (χ0n) is 10.4. The molecule has 0 spiro atoms. The van der Waals surface area contributed by atoms with Gasteiger partial charge in [0.05, 0.1) is 0 Å². The molecule has 0 aromatic rings. The van der Waals surface area contributed by atoms with Crippen molar-refractivity contribution in [3.05, 3.63) is 0 Å². The van der Waals surface area contributed by atoms with Gasteiger partial charge in [-0.1, -0.05) is 0 Å². The molecular formula is C10H25N3O2Si. The molecule has 0 fully saturated rings. The molecule has 1 unspecified atom stereocenters. The normalized spacial score (nSPS) is 14.7. The van der Waals surface area contributed by atoms with Gasteiger partial charge in [0.25, 0.3) is 8.32 Å². The number of hydrogen-bond acceptors (Lipinski definition) is 5. The van der Waals surface area contributed by atoms with Crippen LogP contribution in [0.3, 0.4) is 0 Å². The second-order valence-corrected chi connectivity index (χ2v) is 7.80. The summed E-state index contributed by atoms with van der Waals surface area (Å²) in [6.45, 7) is 6.29. The Morgan fingerprint density at radius 3 is 2.38 bits per heavy atom. The zero-order chi connectivity index (χ0) is 12.3. The Balaban J connectivity index is 3.29. The van der Waals surface area contributed by atoms with E-state index in [2.05, 4.69) is 10.6 Å². The summed E-state index contributed by atoms with van der Waals surface area (Å²) in [6, 6.07) is 0.885. The first kappa shape index (κ1) is 15.7. The molecule has 0 rings (SSSR count). The van der Waals surface area contributed by atoms with E-state index in [9.17, 15) is 4.79 Å². The Kier molecular flexibility index (Phi) is 9.75. The third-order valence-corrected chi connectivity index (χ3v) is 5.32. The minimum absolute atomic E-state index is 0.678. The summed E-state index contributed by atoms with van der Waals surface area (Å²) >= 11 is 0. The van der Waals surface area contributed by atoms with E-state index in [1.54, 1.807) is 7.11 Å². The molecule has 0 saturated heterocycles. The van der Waals surface area contributed by atoms with Crippen LogP contribution in [0.1, 0.15) is 6.42 Å². The van der Waals surface area contributed by atoms with E-state index in [0.29, 0.717) is 6.54 Å². The first-order chi connectivity index (χ1) is 7.68. The maximum Gasteiger partial charge on any atom is 0.256 e. The zero-order valence-corrected chi connectivity index (χ0v) is 11.4. The van der Waals surface area contributed by atoms with Gasteiger partial charge < -0.3 is 25.6 Å². The van der Waals surface area contributed by atoms with Gasteiger partial charge in [0.15, 0.2) is 0 Å². The molecule has 0 bridgehead atoms. The van der Waals surface area contributed by atoms with Gasteiger partial charge in [-0.2, -0.15) is 0 Å². The molecule has 0 aliphatic carbocycles. The lowest BCUT2D eigenvalue weighted by Gasteiger charge is -2.17. The number of carbonyl (C=O) groups excluding carboxylic acids is 1. The highest BCUT2D eigenvalue weighted by molar-refractivity contribution is 6.95. The molecule has 5 nitrogen and oxygen atoms in total. The third kappa shape index (κ3) is 7.95. The van der Waals surface area contributed by atoms with Crippen molar-refractivity contribution in [3.63, 3.8) is 0 Å². The molecule has 0 aliphatic rings. The van der Waals surface area contributed by atoms with Crippen molar-refractivity contribution in [3.8, 4) is 0 Å². The summed E-state index contributed by atoms with van der Waals surface area (Å²) in [5.74, 6) is 1.01. The number of hydrogen-bond donors (Lipinski definition) is 3. The Hall–Kier alpha value is -0.273. The van der Waals surface area contributed by atoms with Gasteiger partial charge in [-0.25, -0.2) is 0 Å². The first-order valence-electron chi connectivity index (χ1n) is 5.81. The lowest BCUT2D eigenvalue weighted by molar-refractivity contribution is 0.405. The molecule has 4 N–H and O–H groups in total. The van der Waals surface area contributed by atoms with Gasteiger partial charge in [0.1, 0.15) is 5.91 Å². The summed E-state index contributed by atoms with van der Waals surface area (Å²) in [4.78, 5) is 10.8. The molecule has 0 aromatic carbocycles. The van der Waals surface area contributed by atoms with Gasteiger partial charge >= 0.3 is 0 Å². The van der Waals surface area contributed by atoms with Crippen molar-refractivity contribution < 1.29 is 9.22 Å². The second kappa shape index (κ2) is 9.92. The third-order valence-electron chi connectivity index (χ3n) is 2.54. The number of nitrogens with one attached hydrogen (secondary N) is 2. The van der Waals surface area contributed by atoms with Crippen LogP contribution in [0.25, 0.3) is 0 Å². The van der Waals surface area contributed by atoms with E-state index >= 15 is 0 Å². The topological polar surface area (TPSA) is 76.4 Å². The summed E-state index contributed by atoms with van der Waals surface area (Å²) in [5.41, 5.74) is 5.34. The van der Waals surface area contributed by atoms with Crippen LogP contribution in [0.4, 0.5) is 0 Å². The summed E-state index contributed by atoms with van der Waals surface area (Å²) in [7, 11) is -0.401. The SMILES string of the molecule is CO[Si](C)(C=O)CCCNCCNCCN.